The van der Waals surface area contributed by atoms with Gasteiger partial charge in [-0.05, 0) is 31.0 Å². The number of hydrogen-bond donors (Lipinski definition) is 3. The third kappa shape index (κ3) is 3.25. The Morgan fingerprint density at radius 2 is 2.04 bits per heavy atom. The molecule has 0 aromatic carbocycles. The molecule has 2 amide bonds. The molecule has 2 aromatic heterocycles. The van der Waals surface area contributed by atoms with Crippen LogP contribution in [0.15, 0.2) is 30.6 Å². The lowest BCUT2D eigenvalue weighted by atomic mass is 10.1. The lowest BCUT2D eigenvalue weighted by Gasteiger charge is -2.35. The van der Waals surface area contributed by atoms with Gasteiger partial charge in [0.2, 0.25) is 5.95 Å². The Kier molecular flexibility index (Phi) is 3.82. The van der Waals surface area contributed by atoms with Crippen LogP contribution in [0.5, 0.6) is 0 Å². The highest BCUT2D eigenvalue weighted by molar-refractivity contribution is 5.93. The average molecular weight is 366 g/mol. The number of hydrogen-bond acceptors (Lipinski definition) is 7. The largest absolute Gasteiger partial charge is 0.367 e. The van der Waals surface area contributed by atoms with E-state index in [1.165, 1.54) is 12.8 Å². The first kappa shape index (κ1) is 16.2. The minimum atomic E-state index is -0.133. The lowest BCUT2D eigenvalue weighted by Crippen LogP contribution is -2.52. The number of anilines is 4. The number of carbonyl (C=O) groups is 1. The topological polar surface area (TPSA) is 98.3 Å². The van der Waals surface area contributed by atoms with Crippen LogP contribution in [0.4, 0.5) is 28.1 Å². The number of urea groups is 1. The Hall–Kier alpha value is -2.94. The zero-order valence-electron chi connectivity index (χ0n) is 15.0. The van der Waals surface area contributed by atoms with Crippen LogP contribution in [0.25, 0.3) is 0 Å². The third-order valence-corrected chi connectivity index (χ3v) is 5.36. The minimum Gasteiger partial charge on any atom is -0.367 e. The number of nitrogens with zero attached hydrogens (tertiary/aromatic N) is 5. The summed E-state index contributed by atoms with van der Waals surface area (Å²) >= 11 is 0. The monoisotopic (exact) mass is 366 g/mol. The van der Waals surface area contributed by atoms with Crippen LogP contribution in [0, 0.1) is 0 Å². The number of pyridine rings is 1. The molecule has 0 unspecified atom stereocenters. The van der Waals surface area contributed by atoms with E-state index in [1.54, 1.807) is 17.2 Å². The normalized spacial score (nSPS) is 20.7. The standard InChI is InChI=1S/C18H22N8O/c27-17-20-7-10-26(17)15-3-6-19-16(24-15)23-14-2-1-13(11-21-14)25-9-8-22-18(12-25)4-5-18/h1-3,6,11,22H,4-5,7-10,12H2,(H,20,27)(H,19,21,23,24). The molecule has 9 nitrogen and oxygen atoms in total. The molecule has 3 N–H and O–H groups in total. The Morgan fingerprint density at radius 3 is 2.78 bits per heavy atom. The SMILES string of the molecule is O=C1NCCN1c1ccnc(Nc2ccc(N3CCNC4(CC4)C3)cn2)n1. The molecular weight excluding hydrogens is 344 g/mol. The molecule has 2 aromatic rings. The first-order valence-electron chi connectivity index (χ1n) is 9.32. The molecule has 0 bridgehead atoms. The summed E-state index contributed by atoms with van der Waals surface area (Å²) in [6, 6.07) is 5.61. The van der Waals surface area contributed by atoms with Crippen molar-refractivity contribution in [1.29, 1.82) is 0 Å². The van der Waals surface area contributed by atoms with Crippen LogP contribution in [0.3, 0.4) is 0 Å². The molecule has 0 radical (unpaired) electrons. The summed E-state index contributed by atoms with van der Waals surface area (Å²) < 4.78 is 0. The summed E-state index contributed by atoms with van der Waals surface area (Å²) in [4.78, 5) is 29.0. The maximum atomic E-state index is 11.8. The molecule has 1 aliphatic carbocycles. The van der Waals surface area contributed by atoms with Crippen LogP contribution < -0.4 is 25.8 Å². The second kappa shape index (κ2) is 6.34. The molecule has 4 heterocycles. The van der Waals surface area contributed by atoms with Gasteiger partial charge in [-0.25, -0.2) is 14.8 Å². The Bertz CT molecular complexity index is 851. The van der Waals surface area contributed by atoms with Crippen molar-refractivity contribution in [2.45, 2.75) is 18.4 Å². The van der Waals surface area contributed by atoms with E-state index in [0.29, 0.717) is 36.2 Å². The molecule has 1 spiro atoms. The predicted molar refractivity (Wildman–Crippen MR) is 102 cm³/mol. The highest BCUT2D eigenvalue weighted by Gasteiger charge is 2.45. The fraction of sp³-hybridized carbons (Fsp3) is 0.444. The van der Waals surface area contributed by atoms with Crippen molar-refractivity contribution in [2.75, 3.05) is 47.8 Å². The maximum absolute atomic E-state index is 11.8. The highest BCUT2D eigenvalue weighted by Crippen LogP contribution is 2.38. The molecular formula is C18H22N8O. The van der Waals surface area contributed by atoms with E-state index in [0.717, 1.165) is 25.3 Å². The summed E-state index contributed by atoms with van der Waals surface area (Å²) in [6.07, 6.45) is 6.06. The molecule has 2 saturated heterocycles. The molecule has 1 saturated carbocycles. The van der Waals surface area contributed by atoms with Gasteiger partial charge in [-0.3, -0.25) is 4.90 Å². The van der Waals surface area contributed by atoms with Gasteiger partial charge in [-0.2, -0.15) is 4.98 Å². The quantitative estimate of drug-likeness (QED) is 0.745. The van der Waals surface area contributed by atoms with Crippen molar-refractivity contribution < 1.29 is 4.79 Å². The van der Waals surface area contributed by atoms with Crippen LogP contribution in [-0.4, -0.2) is 59.2 Å². The van der Waals surface area contributed by atoms with E-state index in [2.05, 4.69) is 41.9 Å². The number of rotatable bonds is 4. The van der Waals surface area contributed by atoms with E-state index < -0.39 is 0 Å². The van der Waals surface area contributed by atoms with Crippen molar-refractivity contribution in [1.82, 2.24) is 25.6 Å². The van der Waals surface area contributed by atoms with Gasteiger partial charge in [0.25, 0.3) is 0 Å². The third-order valence-electron chi connectivity index (χ3n) is 5.36. The smallest absolute Gasteiger partial charge is 0.323 e. The van der Waals surface area contributed by atoms with Crippen molar-refractivity contribution in [3.63, 3.8) is 0 Å². The average Bonchev–Trinajstić information content (AvgIpc) is 3.28. The molecule has 3 aliphatic rings. The predicted octanol–water partition coefficient (Wildman–Crippen LogP) is 1.09. The molecule has 3 fully saturated rings. The van der Waals surface area contributed by atoms with E-state index in [-0.39, 0.29) is 6.03 Å². The Morgan fingerprint density at radius 1 is 1.11 bits per heavy atom. The molecule has 140 valence electrons. The number of aromatic nitrogens is 3. The second-order valence-corrected chi connectivity index (χ2v) is 7.28. The van der Waals surface area contributed by atoms with Gasteiger partial charge in [0, 0.05) is 44.5 Å². The van der Waals surface area contributed by atoms with Crippen molar-refractivity contribution in [3.8, 4) is 0 Å². The van der Waals surface area contributed by atoms with Gasteiger partial charge in [0.05, 0.1) is 11.9 Å². The van der Waals surface area contributed by atoms with Crippen molar-refractivity contribution in [3.05, 3.63) is 30.6 Å². The summed E-state index contributed by atoms with van der Waals surface area (Å²) in [5, 5.41) is 9.51. The molecule has 2 aliphatic heterocycles. The minimum absolute atomic E-state index is 0.133. The maximum Gasteiger partial charge on any atom is 0.323 e. The van der Waals surface area contributed by atoms with Gasteiger partial charge >= 0.3 is 6.03 Å². The van der Waals surface area contributed by atoms with Crippen LogP contribution in [0.1, 0.15) is 12.8 Å². The summed E-state index contributed by atoms with van der Waals surface area (Å²) in [5.74, 6) is 1.68. The van der Waals surface area contributed by atoms with Crippen LogP contribution >= 0.6 is 0 Å². The number of carbonyl (C=O) groups excluding carboxylic acids is 1. The first-order chi connectivity index (χ1) is 13.2. The molecule has 9 heteroatoms. The van der Waals surface area contributed by atoms with Gasteiger partial charge in [-0.15, -0.1) is 0 Å². The lowest BCUT2D eigenvalue weighted by molar-refractivity contribution is 0.252. The van der Waals surface area contributed by atoms with E-state index >= 15 is 0 Å². The second-order valence-electron chi connectivity index (χ2n) is 7.28. The van der Waals surface area contributed by atoms with Gasteiger partial charge in [0.1, 0.15) is 11.6 Å². The fourth-order valence-electron chi connectivity index (χ4n) is 3.67. The summed E-state index contributed by atoms with van der Waals surface area (Å²) in [6.45, 7) is 4.30. The molecule has 27 heavy (non-hydrogen) atoms. The summed E-state index contributed by atoms with van der Waals surface area (Å²) in [7, 11) is 0. The number of nitrogens with one attached hydrogen (secondary N) is 3. The van der Waals surface area contributed by atoms with Crippen LogP contribution in [0.2, 0.25) is 0 Å². The Labute approximate surface area is 157 Å². The zero-order chi connectivity index (χ0) is 18.3. The van der Waals surface area contributed by atoms with Crippen LogP contribution in [-0.2, 0) is 0 Å². The van der Waals surface area contributed by atoms with Gasteiger partial charge in [0.15, 0.2) is 0 Å². The summed E-state index contributed by atoms with van der Waals surface area (Å²) in [5.41, 5.74) is 1.47. The van der Waals surface area contributed by atoms with Gasteiger partial charge in [-0.1, -0.05) is 0 Å². The van der Waals surface area contributed by atoms with E-state index in [1.807, 2.05) is 12.3 Å². The van der Waals surface area contributed by atoms with Gasteiger partial charge < -0.3 is 20.9 Å². The molecule has 5 rings (SSSR count). The van der Waals surface area contributed by atoms with Crippen molar-refractivity contribution in [2.24, 2.45) is 0 Å². The number of piperazine rings is 1. The van der Waals surface area contributed by atoms with E-state index in [4.69, 9.17) is 0 Å². The van der Waals surface area contributed by atoms with Crippen molar-refractivity contribution >= 4 is 29.3 Å². The highest BCUT2D eigenvalue weighted by atomic mass is 16.2. The number of amides is 2. The molecule has 0 atom stereocenters. The zero-order valence-corrected chi connectivity index (χ0v) is 15.0. The fourth-order valence-corrected chi connectivity index (χ4v) is 3.67. The first-order valence-corrected chi connectivity index (χ1v) is 9.32. The Balaban J connectivity index is 1.28. The van der Waals surface area contributed by atoms with E-state index in [9.17, 15) is 4.79 Å².